The molecule has 3 rings (SSSR count). The number of carboxylic acid groups (broad SMARTS) is 1. The first-order valence-corrected chi connectivity index (χ1v) is 10.9. The molecule has 3 saturated carbocycles. The van der Waals surface area contributed by atoms with Crippen LogP contribution in [0.5, 0.6) is 0 Å². The van der Waals surface area contributed by atoms with Crippen LogP contribution >= 0.6 is 0 Å². The van der Waals surface area contributed by atoms with Crippen molar-refractivity contribution in [2.45, 2.75) is 83.8 Å². The zero-order valence-electron chi connectivity index (χ0n) is 17.4. The molecule has 0 aromatic carbocycles. The molecule has 0 bridgehead atoms. The van der Waals surface area contributed by atoms with Crippen molar-refractivity contribution in [3.8, 4) is 0 Å². The number of allylic oxidation sites excluding steroid dienone is 3. The SMILES string of the molecule is C=C1/C(=C\C=C2CCC[C@]3(C)[C@@H]([C@H](C)CCC(=O)O)CC[C@@H]23)C[C@H](O)C[C@H]1O. The lowest BCUT2D eigenvalue weighted by Crippen LogP contribution is -2.36. The van der Waals surface area contributed by atoms with Gasteiger partial charge in [-0.2, -0.15) is 0 Å². The molecule has 0 aliphatic heterocycles. The summed E-state index contributed by atoms with van der Waals surface area (Å²) in [7, 11) is 0. The van der Waals surface area contributed by atoms with Crippen molar-refractivity contribution in [1.82, 2.24) is 0 Å². The summed E-state index contributed by atoms with van der Waals surface area (Å²) in [6, 6.07) is 0. The normalized spacial score (nSPS) is 39.9. The molecular formula is C24H36O4. The van der Waals surface area contributed by atoms with Crippen molar-refractivity contribution in [1.29, 1.82) is 0 Å². The highest BCUT2D eigenvalue weighted by molar-refractivity contribution is 5.66. The van der Waals surface area contributed by atoms with E-state index in [0.717, 1.165) is 24.0 Å². The molecule has 0 spiro atoms. The molecule has 0 saturated heterocycles. The number of hydrogen-bond acceptors (Lipinski definition) is 3. The van der Waals surface area contributed by atoms with E-state index in [1.165, 1.54) is 31.3 Å². The Hall–Kier alpha value is -1.39. The summed E-state index contributed by atoms with van der Waals surface area (Å²) in [5.41, 5.74) is 3.45. The number of aliphatic hydroxyl groups excluding tert-OH is 2. The fourth-order valence-electron chi connectivity index (χ4n) is 6.23. The van der Waals surface area contributed by atoms with Gasteiger partial charge >= 0.3 is 5.97 Å². The summed E-state index contributed by atoms with van der Waals surface area (Å²) in [5.74, 6) is 0.885. The van der Waals surface area contributed by atoms with Crippen LogP contribution in [0.25, 0.3) is 0 Å². The summed E-state index contributed by atoms with van der Waals surface area (Å²) >= 11 is 0. The molecule has 4 heteroatoms. The summed E-state index contributed by atoms with van der Waals surface area (Å²) in [6.07, 6.45) is 11.0. The third-order valence-electron chi connectivity index (χ3n) is 7.80. The van der Waals surface area contributed by atoms with E-state index in [1.54, 1.807) is 0 Å². The fourth-order valence-corrected chi connectivity index (χ4v) is 6.23. The molecule has 28 heavy (non-hydrogen) atoms. The number of fused-ring (bicyclic) bond motifs is 1. The second-order valence-electron chi connectivity index (χ2n) is 9.57. The molecule has 0 unspecified atom stereocenters. The zero-order valence-corrected chi connectivity index (χ0v) is 17.4. The van der Waals surface area contributed by atoms with Crippen LogP contribution in [0, 0.1) is 23.2 Å². The van der Waals surface area contributed by atoms with E-state index < -0.39 is 18.2 Å². The van der Waals surface area contributed by atoms with Gasteiger partial charge in [-0.05, 0) is 79.3 Å². The minimum atomic E-state index is -0.695. The van der Waals surface area contributed by atoms with E-state index in [9.17, 15) is 15.0 Å². The Kier molecular flexibility index (Phi) is 6.51. The van der Waals surface area contributed by atoms with E-state index in [-0.39, 0.29) is 11.8 Å². The highest BCUT2D eigenvalue weighted by atomic mass is 16.4. The van der Waals surface area contributed by atoms with Gasteiger partial charge in [0.15, 0.2) is 0 Å². The topological polar surface area (TPSA) is 77.8 Å². The standard InChI is InChI=1S/C24H36O4/c1-15(6-11-23(27)28)20-9-10-21-17(5-4-12-24(20,21)3)7-8-18-13-19(25)14-22(26)16(18)2/h7-8,15,19-22,25-26H,2,4-6,9-14H2,1,3H3,(H,27,28)/b17-7?,18-8-/t15-,19+,20-,21+,22-,24-/m1/s1. The van der Waals surface area contributed by atoms with Crippen molar-refractivity contribution >= 4 is 5.97 Å². The average Bonchev–Trinajstić information content (AvgIpc) is 2.99. The van der Waals surface area contributed by atoms with Crippen molar-refractivity contribution in [2.24, 2.45) is 23.2 Å². The summed E-state index contributed by atoms with van der Waals surface area (Å²) in [4.78, 5) is 11.0. The van der Waals surface area contributed by atoms with Gasteiger partial charge in [0.05, 0.1) is 12.2 Å². The predicted molar refractivity (Wildman–Crippen MR) is 111 cm³/mol. The number of carboxylic acids is 1. The number of aliphatic carboxylic acids is 1. The molecule has 3 fully saturated rings. The Morgan fingerprint density at radius 3 is 2.79 bits per heavy atom. The van der Waals surface area contributed by atoms with E-state index >= 15 is 0 Å². The third kappa shape index (κ3) is 4.28. The third-order valence-corrected chi connectivity index (χ3v) is 7.80. The van der Waals surface area contributed by atoms with Crippen LogP contribution in [-0.4, -0.2) is 33.5 Å². The number of hydrogen-bond donors (Lipinski definition) is 3. The minimum absolute atomic E-state index is 0.253. The van der Waals surface area contributed by atoms with Crippen LogP contribution in [-0.2, 0) is 4.79 Å². The Balaban J connectivity index is 1.76. The average molecular weight is 389 g/mol. The lowest BCUT2D eigenvalue weighted by atomic mass is 9.60. The van der Waals surface area contributed by atoms with Gasteiger partial charge in [0, 0.05) is 12.8 Å². The maximum absolute atomic E-state index is 11.0. The molecule has 3 aliphatic rings. The van der Waals surface area contributed by atoms with Gasteiger partial charge in [-0.15, -0.1) is 0 Å². The molecule has 0 radical (unpaired) electrons. The maximum Gasteiger partial charge on any atom is 0.303 e. The van der Waals surface area contributed by atoms with Crippen LogP contribution in [0.15, 0.2) is 35.5 Å². The second kappa shape index (κ2) is 8.54. The Bertz CT molecular complexity index is 676. The highest BCUT2D eigenvalue weighted by Gasteiger charge is 2.50. The van der Waals surface area contributed by atoms with Crippen LogP contribution in [0.3, 0.4) is 0 Å². The lowest BCUT2D eigenvalue weighted by Gasteiger charge is -2.44. The van der Waals surface area contributed by atoms with Crippen molar-refractivity contribution in [3.05, 3.63) is 35.5 Å². The van der Waals surface area contributed by atoms with Crippen LogP contribution in [0.1, 0.15) is 71.6 Å². The first-order chi connectivity index (χ1) is 13.2. The largest absolute Gasteiger partial charge is 0.481 e. The number of carbonyl (C=O) groups is 1. The van der Waals surface area contributed by atoms with Gasteiger partial charge < -0.3 is 15.3 Å². The molecule has 6 atom stereocenters. The zero-order chi connectivity index (χ0) is 20.5. The molecule has 0 amide bonds. The van der Waals surface area contributed by atoms with Crippen molar-refractivity contribution in [3.63, 3.8) is 0 Å². The van der Waals surface area contributed by atoms with Gasteiger partial charge in [-0.1, -0.05) is 38.2 Å². The van der Waals surface area contributed by atoms with E-state index in [2.05, 4.69) is 32.6 Å². The highest BCUT2D eigenvalue weighted by Crippen LogP contribution is 2.59. The van der Waals surface area contributed by atoms with Gasteiger partial charge in [0.1, 0.15) is 0 Å². The fraction of sp³-hybridized carbons (Fsp3) is 0.708. The molecule has 4 nitrogen and oxygen atoms in total. The quantitative estimate of drug-likeness (QED) is 0.642. The molecule has 3 N–H and O–H groups in total. The lowest BCUT2D eigenvalue weighted by molar-refractivity contribution is -0.137. The summed E-state index contributed by atoms with van der Waals surface area (Å²) in [6.45, 7) is 8.67. The molecular weight excluding hydrogens is 352 g/mol. The maximum atomic E-state index is 11.0. The van der Waals surface area contributed by atoms with E-state index in [4.69, 9.17) is 5.11 Å². The molecule has 0 aromatic heterocycles. The molecule has 0 aromatic rings. The summed E-state index contributed by atoms with van der Waals surface area (Å²) < 4.78 is 0. The van der Waals surface area contributed by atoms with Gasteiger partial charge in [0.2, 0.25) is 0 Å². The van der Waals surface area contributed by atoms with Crippen LogP contribution in [0.4, 0.5) is 0 Å². The van der Waals surface area contributed by atoms with Crippen LogP contribution in [0.2, 0.25) is 0 Å². The molecule has 3 aliphatic carbocycles. The molecule has 0 heterocycles. The van der Waals surface area contributed by atoms with Crippen molar-refractivity contribution in [2.75, 3.05) is 0 Å². The van der Waals surface area contributed by atoms with Gasteiger partial charge in [-0.25, -0.2) is 0 Å². The monoisotopic (exact) mass is 388 g/mol. The minimum Gasteiger partial charge on any atom is -0.481 e. The Morgan fingerprint density at radius 1 is 1.32 bits per heavy atom. The Morgan fingerprint density at radius 2 is 2.07 bits per heavy atom. The van der Waals surface area contributed by atoms with E-state index in [0.29, 0.717) is 30.6 Å². The summed E-state index contributed by atoms with van der Waals surface area (Å²) in [5, 5.41) is 29.1. The Labute approximate surface area is 169 Å². The second-order valence-corrected chi connectivity index (χ2v) is 9.57. The first kappa shape index (κ1) is 21.3. The number of rotatable bonds is 5. The van der Waals surface area contributed by atoms with Crippen LogP contribution < -0.4 is 0 Å². The molecule has 156 valence electrons. The smallest absolute Gasteiger partial charge is 0.303 e. The predicted octanol–water partition coefficient (Wildman–Crippen LogP) is 4.63. The first-order valence-electron chi connectivity index (χ1n) is 10.9. The van der Waals surface area contributed by atoms with Gasteiger partial charge in [0.25, 0.3) is 0 Å². The number of aliphatic hydroxyl groups is 2. The van der Waals surface area contributed by atoms with Crippen molar-refractivity contribution < 1.29 is 20.1 Å². The van der Waals surface area contributed by atoms with Gasteiger partial charge in [-0.3, -0.25) is 4.79 Å². The van der Waals surface area contributed by atoms with E-state index in [1.807, 2.05) is 0 Å².